The van der Waals surface area contributed by atoms with Crippen molar-refractivity contribution in [2.24, 2.45) is 0 Å². The highest BCUT2D eigenvalue weighted by atomic mass is 79.9. The highest BCUT2D eigenvalue weighted by molar-refractivity contribution is 9.11. The molecule has 140 heavy (non-hydrogen) atoms. The van der Waals surface area contributed by atoms with E-state index < -0.39 is 166 Å². The molecule has 2 aliphatic rings. The number of alkyl halides is 1. The van der Waals surface area contributed by atoms with Crippen LogP contribution in [0.25, 0.3) is 49.8 Å². The fourth-order valence-electron chi connectivity index (χ4n) is 13.5. The fraction of sp³-hybridized carbons (Fsp3) is 0.148. The standard InChI is InChI=1S/C27H20BrF2N3O6S.2C22H9BrF7NO5S.C11H12N2O2.C6H9BrO2.2H3P/c1-37-18-6-3-16(4-7-18)15-32(26-9-10-39-31-26)40(35,36)25-11-17-5-8-27(34)33(22(17)14-21(25)30)23-13-20(29)19(28)12-24(23)38-2;2*1-35-14-5-9(23)10(24)6-13(14)31-12-7-11(25)15(4-8(12)2-3-16(31)32)37(33,34)36-22-20(29)18(27)17(26)19(28)21(22)30;1-14-10-4-2-9(3-5-10)8-12-11-6-7-15-13-11;7-5-3-6(4-5)8-1-2-9-6;;/h3-14H,15H2,1-2H3;2*2-7H,1H3;2-7H,8H2,1H3,(H,12,13);5H,1-4H2;2*1H3. The predicted octanol–water partition coefficient (Wildman–Crippen LogP) is 20.1. The van der Waals surface area contributed by atoms with Crippen molar-refractivity contribution >= 4 is 158 Å². The van der Waals surface area contributed by atoms with E-state index in [1.54, 1.807) is 37.4 Å². The maximum Gasteiger partial charge on any atom is 0.342 e. The molecule has 1 aliphatic heterocycles. The third kappa shape index (κ3) is 22.9. The number of aromatic nitrogens is 5. The summed E-state index contributed by atoms with van der Waals surface area (Å²) >= 11 is 12.5. The Morgan fingerprint density at radius 1 is 0.407 bits per heavy atom. The Labute approximate surface area is 820 Å². The van der Waals surface area contributed by atoms with E-state index in [0.717, 1.165) is 117 Å². The Bertz CT molecular complexity index is 7490. The van der Waals surface area contributed by atoms with Gasteiger partial charge in [0.2, 0.25) is 69.7 Å². The minimum atomic E-state index is -5.53. The molecule has 0 bridgehead atoms. The molecule has 2 fully saturated rings. The lowest BCUT2D eigenvalue weighted by Gasteiger charge is -2.39. The number of hydrogen-bond donors (Lipinski definition) is 1. The first-order chi connectivity index (χ1) is 65.4. The second kappa shape index (κ2) is 44.8. The lowest BCUT2D eigenvalue weighted by atomic mass is 9.91. The zero-order valence-corrected chi connectivity index (χ0v) is 83.3. The van der Waals surface area contributed by atoms with E-state index in [0.29, 0.717) is 40.4 Å². The van der Waals surface area contributed by atoms with E-state index in [1.807, 2.05) is 24.3 Å². The quantitative estimate of drug-likeness (QED) is 0.0164. The number of pyridine rings is 3. The molecule has 27 nitrogen and oxygen atoms in total. The van der Waals surface area contributed by atoms with Gasteiger partial charge in [-0.15, -0.1) is 0 Å². The summed E-state index contributed by atoms with van der Waals surface area (Å²) in [5.74, 6) is -34.5. The number of rotatable bonds is 22. The predicted molar refractivity (Wildman–Crippen MR) is 498 cm³/mol. The molecule has 52 heteroatoms. The van der Waals surface area contributed by atoms with Gasteiger partial charge in [-0.25, -0.2) is 65.4 Å². The molecule has 5 aromatic heterocycles. The number of anilines is 2. The summed E-state index contributed by atoms with van der Waals surface area (Å²) in [6.45, 7) is 2.08. The van der Waals surface area contributed by atoms with E-state index in [4.69, 9.17) is 42.2 Å². The van der Waals surface area contributed by atoms with E-state index in [9.17, 15) is 96.7 Å². The van der Waals surface area contributed by atoms with Crippen LogP contribution in [0.1, 0.15) is 24.0 Å². The van der Waals surface area contributed by atoms with Crippen molar-refractivity contribution in [2.75, 3.05) is 58.4 Å². The van der Waals surface area contributed by atoms with Gasteiger partial charge >= 0.3 is 20.2 Å². The highest BCUT2D eigenvalue weighted by Gasteiger charge is 2.48. The number of sulfonamides is 1. The molecular formula is C88H65Br4F16N7O20P2S3. The van der Waals surface area contributed by atoms with Crippen molar-refractivity contribution in [2.45, 2.75) is 51.2 Å². The summed E-state index contributed by atoms with van der Waals surface area (Å²) in [5, 5.41) is 10.5. The number of nitrogens with zero attached hydrogens (tertiary/aromatic N) is 6. The SMILES string of the molecule is BrC1CC2(C1)OCCO2.COc1cc(Br)c(F)cc1-n1c(=O)ccc2cc(S(=O)(=O)Oc3c(F)c(F)c(F)c(F)c3F)c(F)cc21.COc1cc(Br)c(F)cc1-n1c(=O)ccc2cc(S(=O)(=O)Oc3c(F)c(F)c(F)c(F)c3F)c(F)cc21.COc1ccc(CN(c2ccon2)S(=O)(=O)c2cc3ccc(=O)n(-c4cc(F)c(Br)cc4OC)c3cc2F)cc1.COc1ccc(CNc2ccon2)cc1.P.P. The maximum atomic E-state index is 15.7. The number of ether oxygens (including phenoxy) is 7. The topological polar surface area (TPSA) is 319 Å². The molecular weight excluding hydrogens is 2260 g/mol. The minimum absolute atomic E-state index is 0. The average molecular weight is 2320 g/mol. The molecule has 6 heterocycles. The van der Waals surface area contributed by atoms with Gasteiger partial charge in [0.1, 0.15) is 90.9 Å². The van der Waals surface area contributed by atoms with Gasteiger partial charge in [0, 0.05) is 107 Å². The number of benzene rings is 10. The van der Waals surface area contributed by atoms with Crippen molar-refractivity contribution in [3.05, 3.63) is 331 Å². The zero-order valence-electron chi connectivity index (χ0n) is 71.7. The third-order valence-corrected chi connectivity index (χ3v) is 26.9. The third-order valence-electron chi connectivity index (χ3n) is 20.2. The summed E-state index contributed by atoms with van der Waals surface area (Å²) in [6, 6.07) is 34.9. The molecule has 2 atom stereocenters. The van der Waals surface area contributed by atoms with Crippen LogP contribution in [-0.2, 0) is 52.8 Å². The first-order valence-corrected chi connectivity index (χ1v) is 46.3. The summed E-state index contributed by atoms with van der Waals surface area (Å²) in [7, 11) is -8.68. The van der Waals surface area contributed by atoms with Crippen molar-refractivity contribution in [3.8, 4) is 57.3 Å². The second-order valence-corrected chi connectivity index (χ2v) is 37.4. The first-order valence-electron chi connectivity index (χ1n) is 38.7. The highest BCUT2D eigenvalue weighted by Crippen LogP contribution is 2.45. The van der Waals surface area contributed by atoms with E-state index >= 15 is 13.2 Å². The van der Waals surface area contributed by atoms with Gasteiger partial charge in [0.25, 0.3) is 26.7 Å². The average Bonchev–Trinajstić information content (AvgIpc) is 0.793. The van der Waals surface area contributed by atoms with E-state index in [-0.39, 0.29) is 118 Å². The van der Waals surface area contributed by atoms with Gasteiger partial charge < -0.3 is 55.9 Å². The van der Waals surface area contributed by atoms with Crippen LogP contribution in [0.3, 0.4) is 0 Å². The Morgan fingerprint density at radius 3 is 1.07 bits per heavy atom. The molecule has 1 N–H and O–H groups in total. The normalized spacial score (nSPS) is 12.7. The first kappa shape index (κ1) is 108. The van der Waals surface area contributed by atoms with Gasteiger partial charge in [-0.2, -0.15) is 54.2 Å². The van der Waals surface area contributed by atoms with Gasteiger partial charge in [-0.05, 0) is 138 Å². The smallest absolute Gasteiger partial charge is 0.342 e. The van der Waals surface area contributed by atoms with E-state index in [2.05, 4.69) is 87.7 Å². The van der Waals surface area contributed by atoms with Crippen LogP contribution < -0.4 is 58.4 Å². The second-order valence-electron chi connectivity index (χ2n) is 28.6. The summed E-state index contributed by atoms with van der Waals surface area (Å²) in [4.78, 5) is 35.4. The van der Waals surface area contributed by atoms with Crippen molar-refractivity contribution in [1.82, 2.24) is 24.0 Å². The molecule has 1 saturated heterocycles. The van der Waals surface area contributed by atoms with E-state index in [1.165, 1.54) is 82.9 Å². The Kier molecular flexibility index (Phi) is 34.6. The van der Waals surface area contributed by atoms with Crippen LogP contribution in [0.5, 0.6) is 40.2 Å². The number of halogens is 20. The molecule has 2 unspecified atom stereocenters. The molecule has 10 aromatic carbocycles. The van der Waals surface area contributed by atoms with Crippen LogP contribution in [0.2, 0.25) is 0 Å². The number of nitrogens with one attached hydrogen (secondary N) is 1. The van der Waals surface area contributed by atoms with Gasteiger partial charge in [-0.1, -0.05) is 50.5 Å². The van der Waals surface area contributed by atoms with Gasteiger partial charge in [0.15, 0.2) is 17.4 Å². The fourth-order valence-corrected chi connectivity index (χ4v) is 18.9. The van der Waals surface area contributed by atoms with Crippen LogP contribution in [0.15, 0.2) is 234 Å². The minimum Gasteiger partial charge on any atom is -0.497 e. The Balaban J connectivity index is 0.000000178. The molecule has 1 saturated carbocycles. The van der Waals surface area contributed by atoms with Gasteiger partial charge in [-0.3, -0.25) is 28.1 Å². The summed E-state index contributed by atoms with van der Waals surface area (Å²) in [5.41, 5.74) is -1.42. The van der Waals surface area contributed by atoms with Crippen molar-refractivity contribution in [3.63, 3.8) is 0 Å². The molecule has 740 valence electrons. The molecule has 17 rings (SSSR count). The summed E-state index contributed by atoms with van der Waals surface area (Å²) < 4.78 is 361. The molecule has 0 radical (unpaired) electrons. The van der Waals surface area contributed by atoms with Crippen LogP contribution >= 0.6 is 83.5 Å². The number of hydrogen-bond acceptors (Lipinski definition) is 23. The Hall–Kier alpha value is -12.1. The lowest BCUT2D eigenvalue weighted by molar-refractivity contribution is -0.201. The van der Waals surface area contributed by atoms with Gasteiger partial charge in [0.05, 0.1) is 102 Å². The number of fused-ring (bicyclic) bond motifs is 3. The zero-order chi connectivity index (χ0) is 100. The van der Waals surface area contributed by atoms with Crippen LogP contribution in [-0.4, -0.2) is 109 Å². The van der Waals surface area contributed by atoms with Crippen LogP contribution in [0, 0.1) is 93.1 Å². The number of methoxy groups -OCH3 is 5. The molecule has 1 aliphatic carbocycles. The largest absolute Gasteiger partial charge is 0.497 e. The van der Waals surface area contributed by atoms with Crippen LogP contribution in [0.4, 0.5) is 81.9 Å². The monoisotopic (exact) mass is 2320 g/mol. The maximum absolute atomic E-state index is 15.7. The molecule has 1 spiro atoms. The summed E-state index contributed by atoms with van der Waals surface area (Å²) in [6.07, 6.45) is 4.78. The van der Waals surface area contributed by atoms with Crippen molar-refractivity contribution in [1.29, 1.82) is 0 Å². The Morgan fingerprint density at radius 2 is 0.743 bits per heavy atom. The molecule has 15 aromatic rings. The molecule has 0 amide bonds. The van der Waals surface area contributed by atoms with Crippen molar-refractivity contribution < 1.29 is 146 Å². The lowest BCUT2D eigenvalue weighted by Crippen LogP contribution is -2.45.